The third kappa shape index (κ3) is 5.26. The molecule has 0 spiro atoms. The molecular weight excluding hydrogens is 321 g/mol. The van der Waals surface area contributed by atoms with Crippen molar-refractivity contribution in [1.82, 2.24) is 4.90 Å². The number of nitrogens with zero attached hydrogens (tertiary/aromatic N) is 1. The smallest absolute Gasteiger partial charge is 0.264 e. The number of amides is 1. The second-order valence-corrected chi connectivity index (χ2v) is 7.26. The summed E-state index contributed by atoms with van der Waals surface area (Å²) in [6.45, 7) is 4.43. The Kier molecular flexibility index (Phi) is 6.12. The van der Waals surface area contributed by atoms with E-state index in [2.05, 4.69) is 0 Å². The summed E-state index contributed by atoms with van der Waals surface area (Å²) >= 11 is 0. The first kappa shape index (κ1) is 17.9. The molecule has 5 nitrogen and oxygen atoms in total. The van der Waals surface area contributed by atoms with Gasteiger partial charge in [0.05, 0.1) is 12.7 Å². The van der Waals surface area contributed by atoms with Crippen LogP contribution in [0, 0.1) is 5.82 Å². The quantitative estimate of drug-likeness (QED) is 0.747. The Morgan fingerprint density at radius 1 is 1.43 bits per heavy atom. The molecule has 1 aromatic rings. The lowest BCUT2D eigenvalue weighted by Gasteiger charge is -2.18. The summed E-state index contributed by atoms with van der Waals surface area (Å²) in [6, 6.07) is 3.05. The van der Waals surface area contributed by atoms with Gasteiger partial charge in [0.1, 0.15) is 10.7 Å². The van der Waals surface area contributed by atoms with Gasteiger partial charge in [-0.1, -0.05) is 0 Å². The van der Waals surface area contributed by atoms with Gasteiger partial charge in [-0.3, -0.25) is 4.79 Å². The van der Waals surface area contributed by atoms with Gasteiger partial charge in [-0.15, -0.1) is 0 Å². The number of ether oxygens (including phenoxy) is 1. The van der Waals surface area contributed by atoms with Gasteiger partial charge in [0.15, 0.2) is 0 Å². The number of carbonyl (C=O) groups is 1. The summed E-state index contributed by atoms with van der Waals surface area (Å²) in [5.74, 6) is -1.43. The zero-order valence-corrected chi connectivity index (χ0v) is 13.5. The molecule has 0 N–H and O–H groups in total. The summed E-state index contributed by atoms with van der Waals surface area (Å²) in [4.78, 5) is 12.8. The van der Waals surface area contributed by atoms with Gasteiger partial charge in [-0.25, -0.2) is 12.8 Å². The van der Waals surface area contributed by atoms with Crippen molar-refractivity contribution in [3.8, 4) is 0 Å². The van der Waals surface area contributed by atoms with Crippen LogP contribution in [0.4, 0.5) is 4.39 Å². The van der Waals surface area contributed by atoms with E-state index in [0.717, 1.165) is 12.1 Å². The first-order valence-electron chi connectivity index (χ1n) is 6.24. The molecule has 8 heteroatoms. The number of hydrogen-bond acceptors (Lipinski definition) is 4. The second kappa shape index (κ2) is 7.20. The highest BCUT2D eigenvalue weighted by Crippen LogP contribution is 2.21. The number of benzene rings is 1. The van der Waals surface area contributed by atoms with Crippen LogP contribution in [0.25, 0.3) is 0 Å². The van der Waals surface area contributed by atoms with E-state index in [9.17, 15) is 17.6 Å². The molecule has 0 saturated heterocycles. The van der Waals surface area contributed by atoms with E-state index < -0.39 is 25.7 Å². The van der Waals surface area contributed by atoms with E-state index in [4.69, 9.17) is 15.4 Å². The first-order valence-corrected chi connectivity index (χ1v) is 8.55. The number of likely N-dealkylation sites (N-methyl/N-ethyl adjacent to an activating group) is 1. The molecule has 0 atom stereocenters. The van der Waals surface area contributed by atoms with Gasteiger partial charge >= 0.3 is 0 Å². The lowest BCUT2D eigenvalue weighted by Crippen LogP contribution is -2.30. The van der Waals surface area contributed by atoms with E-state index >= 15 is 0 Å². The van der Waals surface area contributed by atoms with Crippen molar-refractivity contribution < 1.29 is 22.3 Å². The van der Waals surface area contributed by atoms with E-state index in [-0.39, 0.29) is 11.7 Å². The van der Waals surface area contributed by atoms with Crippen LogP contribution in [0.5, 0.6) is 0 Å². The van der Waals surface area contributed by atoms with Gasteiger partial charge in [0, 0.05) is 29.8 Å². The molecule has 1 amide bonds. The standard InChI is InChI=1S/C13H17ClFNO4S/c1-9(2)20-7-6-16(3)13(17)10-4-5-11(15)12(8-10)21(14,18)19/h4-5,8-9H,6-7H2,1-3H3. The van der Waals surface area contributed by atoms with Crippen LogP contribution < -0.4 is 0 Å². The summed E-state index contributed by atoms with van der Waals surface area (Å²) in [6.07, 6.45) is 0.0484. The van der Waals surface area contributed by atoms with Crippen molar-refractivity contribution >= 4 is 25.6 Å². The fourth-order valence-electron chi connectivity index (χ4n) is 1.57. The summed E-state index contributed by atoms with van der Waals surface area (Å²) in [5, 5.41) is 0. The Morgan fingerprint density at radius 2 is 2.05 bits per heavy atom. The molecule has 0 bridgehead atoms. The largest absolute Gasteiger partial charge is 0.377 e. The topological polar surface area (TPSA) is 63.7 Å². The minimum Gasteiger partial charge on any atom is -0.377 e. The monoisotopic (exact) mass is 337 g/mol. The van der Waals surface area contributed by atoms with E-state index in [1.165, 1.54) is 11.0 Å². The Hall–Kier alpha value is -1.18. The van der Waals surface area contributed by atoms with Gasteiger partial charge in [0.2, 0.25) is 0 Å². The molecule has 0 heterocycles. The average molecular weight is 338 g/mol. The predicted molar refractivity (Wildman–Crippen MR) is 77.5 cm³/mol. The second-order valence-electron chi connectivity index (χ2n) is 4.73. The minimum absolute atomic E-state index is 0.0441. The summed E-state index contributed by atoms with van der Waals surface area (Å²) < 4.78 is 41.2. The summed E-state index contributed by atoms with van der Waals surface area (Å²) in [7, 11) is 2.43. The lowest BCUT2D eigenvalue weighted by atomic mass is 10.2. The molecule has 0 fully saturated rings. The molecule has 0 aliphatic heterocycles. The van der Waals surface area contributed by atoms with Crippen LogP contribution in [0.3, 0.4) is 0 Å². The van der Waals surface area contributed by atoms with Crippen molar-refractivity contribution in [2.24, 2.45) is 0 Å². The van der Waals surface area contributed by atoms with Gasteiger partial charge in [-0.05, 0) is 32.0 Å². The molecule has 0 aliphatic carbocycles. The van der Waals surface area contributed by atoms with Gasteiger partial charge in [0.25, 0.3) is 15.0 Å². The molecule has 0 aliphatic rings. The maximum absolute atomic E-state index is 13.4. The van der Waals surface area contributed by atoms with Crippen LogP contribution in [0.2, 0.25) is 0 Å². The van der Waals surface area contributed by atoms with Crippen LogP contribution in [-0.4, -0.2) is 45.5 Å². The van der Waals surface area contributed by atoms with Crippen LogP contribution in [0.15, 0.2) is 23.1 Å². The minimum atomic E-state index is -4.24. The fraction of sp³-hybridized carbons (Fsp3) is 0.462. The molecule has 1 aromatic carbocycles. The SMILES string of the molecule is CC(C)OCCN(C)C(=O)c1ccc(F)c(S(=O)(=O)Cl)c1. The van der Waals surface area contributed by atoms with E-state index in [1.807, 2.05) is 13.8 Å². The number of rotatable bonds is 6. The van der Waals surface area contributed by atoms with Crippen molar-refractivity contribution in [2.45, 2.75) is 24.8 Å². The Balaban J connectivity index is 2.88. The molecule has 0 saturated carbocycles. The van der Waals surface area contributed by atoms with Crippen molar-refractivity contribution in [1.29, 1.82) is 0 Å². The third-order valence-corrected chi connectivity index (χ3v) is 4.00. The summed E-state index contributed by atoms with van der Waals surface area (Å²) in [5.41, 5.74) is 0.0441. The highest BCUT2D eigenvalue weighted by molar-refractivity contribution is 8.13. The fourth-order valence-corrected chi connectivity index (χ4v) is 2.49. The van der Waals surface area contributed by atoms with Crippen molar-refractivity contribution in [3.63, 3.8) is 0 Å². The predicted octanol–water partition coefficient (Wildman–Crippen LogP) is 2.25. The van der Waals surface area contributed by atoms with E-state index in [1.54, 1.807) is 7.05 Å². The number of halogens is 2. The highest BCUT2D eigenvalue weighted by Gasteiger charge is 2.20. The highest BCUT2D eigenvalue weighted by atomic mass is 35.7. The van der Waals surface area contributed by atoms with E-state index in [0.29, 0.717) is 13.2 Å². The molecule has 0 radical (unpaired) electrons. The zero-order chi connectivity index (χ0) is 16.2. The average Bonchev–Trinajstić information content (AvgIpc) is 2.36. The first-order chi connectivity index (χ1) is 9.62. The van der Waals surface area contributed by atoms with Gasteiger partial charge < -0.3 is 9.64 Å². The molecule has 21 heavy (non-hydrogen) atoms. The zero-order valence-electron chi connectivity index (χ0n) is 12.0. The molecule has 118 valence electrons. The Morgan fingerprint density at radius 3 is 2.57 bits per heavy atom. The number of hydrogen-bond donors (Lipinski definition) is 0. The maximum atomic E-state index is 13.4. The lowest BCUT2D eigenvalue weighted by molar-refractivity contribution is 0.0532. The Labute approximate surface area is 128 Å². The molecular formula is C13H17ClFNO4S. The molecule has 0 unspecified atom stereocenters. The van der Waals surface area contributed by atoms with Gasteiger partial charge in [-0.2, -0.15) is 0 Å². The van der Waals surface area contributed by atoms with Crippen molar-refractivity contribution in [2.75, 3.05) is 20.2 Å². The Bertz CT molecular complexity index is 619. The van der Waals surface area contributed by atoms with Crippen molar-refractivity contribution in [3.05, 3.63) is 29.6 Å². The third-order valence-electron chi connectivity index (χ3n) is 2.67. The van der Waals surface area contributed by atoms with Crippen LogP contribution in [0.1, 0.15) is 24.2 Å². The normalized spacial score (nSPS) is 11.7. The molecule has 1 rings (SSSR count). The molecule has 0 aromatic heterocycles. The number of carbonyl (C=O) groups excluding carboxylic acids is 1. The maximum Gasteiger partial charge on any atom is 0.264 e. The van der Waals surface area contributed by atoms with Crippen LogP contribution in [-0.2, 0) is 13.8 Å². The van der Waals surface area contributed by atoms with Crippen LogP contribution >= 0.6 is 10.7 Å².